The van der Waals surface area contributed by atoms with Gasteiger partial charge in [-0.05, 0) is 30.7 Å². The Balaban J connectivity index is 2.04. The maximum Gasteiger partial charge on any atom is 0.411 e. The van der Waals surface area contributed by atoms with Crippen molar-refractivity contribution in [3.63, 3.8) is 0 Å². The van der Waals surface area contributed by atoms with E-state index in [-0.39, 0.29) is 32.1 Å². The van der Waals surface area contributed by atoms with Crippen LogP contribution in [0.2, 0.25) is 0 Å². The fraction of sp³-hybridized carbons (Fsp3) is 0.830. The van der Waals surface area contributed by atoms with Crippen molar-refractivity contribution >= 4 is 18.1 Å². The van der Waals surface area contributed by atoms with E-state index in [2.05, 4.69) is 24.5 Å². The molecule has 65 heavy (non-hydrogen) atoms. The molecular formula is C53H95N3O9. The summed E-state index contributed by atoms with van der Waals surface area (Å²) in [6.45, 7) is 8.19. The van der Waals surface area contributed by atoms with Crippen LogP contribution in [0.4, 0.5) is 9.59 Å². The number of carbonyl (C=O) groups is 3. The summed E-state index contributed by atoms with van der Waals surface area (Å²) in [4.78, 5) is 42.3. The SMILES string of the molecule is CCCCCCCCCCCCCCCCCCN(C(=O)OCCCCCCCCCCCCCC)[C@@H]1O[C@H](CO)[C@@H](O)[C@H](O)[C@H]1NC(=O)[C@H](CC(C)C)NC(=O)OCc1ccccc1. The van der Waals surface area contributed by atoms with Gasteiger partial charge in [0.05, 0.1) is 13.2 Å². The highest BCUT2D eigenvalue weighted by atomic mass is 16.6. The predicted octanol–water partition coefficient (Wildman–Crippen LogP) is 11.7. The van der Waals surface area contributed by atoms with Crippen molar-refractivity contribution in [2.75, 3.05) is 19.8 Å². The Morgan fingerprint density at radius 3 is 1.57 bits per heavy atom. The van der Waals surface area contributed by atoms with Crippen LogP contribution in [0.25, 0.3) is 0 Å². The largest absolute Gasteiger partial charge is 0.449 e. The minimum absolute atomic E-state index is 0.00504. The zero-order chi connectivity index (χ0) is 47.3. The summed E-state index contributed by atoms with van der Waals surface area (Å²) in [5.74, 6) is -0.635. The van der Waals surface area contributed by atoms with Gasteiger partial charge in [-0.3, -0.25) is 9.69 Å². The minimum atomic E-state index is -1.60. The first kappa shape index (κ1) is 58.2. The van der Waals surface area contributed by atoms with Crippen LogP contribution < -0.4 is 10.6 Å². The Bertz CT molecular complexity index is 1320. The van der Waals surface area contributed by atoms with Gasteiger partial charge in [0.2, 0.25) is 5.91 Å². The molecule has 1 aliphatic rings. The number of ether oxygens (including phenoxy) is 3. The van der Waals surface area contributed by atoms with Gasteiger partial charge in [-0.25, -0.2) is 9.59 Å². The number of carbonyl (C=O) groups excluding carboxylic acids is 3. The molecular weight excluding hydrogens is 823 g/mol. The third kappa shape index (κ3) is 26.9. The van der Waals surface area contributed by atoms with Gasteiger partial charge >= 0.3 is 12.2 Å². The van der Waals surface area contributed by atoms with Crippen LogP contribution in [0.3, 0.4) is 0 Å². The molecule has 0 aliphatic carbocycles. The Labute approximate surface area is 395 Å². The molecule has 12 heteroatoms. The first-order chi connectivity index (χ1) is 31.6. The molecule has 0 bridgehead atoms. The van der Waals surface area contributed by atoms with E-state index >= 15 is 0 Å². The van der Waals surface area contributed by atoms with Crippen LogP contribution in [0, 0.1) is 5.92 Å². The van der Waals surface area contributed by atoms with E-state index in [0.29, 0.717) is 12.8 Å². The van der Waals surface area contributed by atoms with Crippen molar-refractivity contribution in [3.05, 3.63) is 35.9 Å². The van der Waals surface area contributed by atoms with Crippen molar-refractivity contribution in [1.82, 2.24) is 15.5 Å². The zero-order valence-corrected chi connectivity index (χ0v) is 41.5. The number of nitrogens with one attached hydrogen (secondary N) is 2. The molecule has 5 N–H and O–H groups in total. The number of nitrogens with zero attached hydrogens (tertiary/aromatic N) is 1. The van der Waals surface area contributed by atoms with E-state index in [4.69, 9.17) is 14.2 Å². The predicted molar refractivity (Wildman–Crippen MR) is 261 cm³/mol. The highest BCUT2D eigenvalue weighted by Crippen LogP contribution is 2.26. The average molecular weight is 918 g/mol. The first-order valence-electron chi connectivity index (χ1n) is 26.5. The lowest BCUT2D eigenvalue weighted by Crippen LogP contribution is -2.70. The summed E-state index contributed by atoms with van der Waals surface area (Å²) in [6, 6.07) is 6.86. The van der Waals surface area contributed by atoms with Gasteiger partial charge in [0.15, 0.2) is 6.23 Å². The van der Waals surface area contributed by atoms with Crippen LogP contribution in [-0.4, -0.2) is 94.7 Å². The summed E-state index contributed by atoms with van der Waals surface area (Å²) in [6.07, 6.45) is 26.8. The first-order valence-corrected chi connectivity index (χ1v) is 26.5. The average Bonchev–Trinajstić information content (AvgIpc) is 3.30. The van der Waals surface area contributed by atoms with E-state index in [1.54, 1.807) is 0 Å². The number of amides is 3. The van der Waals surface area contributed by atoms with Gasteiger partial charge in [-0.2, -0.15) is 0 Å². The number of rotatable bonds is 39. The molecule has 1 aliphatic heterocycles. The fourth-order valence-electron chi connectivity index (χ4n) is 8.73. The van der Waals surface area contributed by atoms with E-state index < -0.39 is 61.3 Å². The molecule has 1 fully saturated rings. The van der Waals surface area contributed by atoms with Gasteiger partial charge in [-0.15, -0.1) is 0 Å². The van der Waals surface area contributed by atoms with Gasteiger partial charge in [0, 0.05) is 6.54 Å². The summed E-state index contributed by atoms with van der Waals surface area (Å²) in [5, 5.41) is 38.2. The minimum Gasteiger partial charge on any atom is -0.449 e. The summed E-state index contributed by atoms with van der Waals surface area (Å²) >= 11 is 0. The molecule has 2 rings (SSSR count). The van der Waals surface area contributed by atoms with Crippen LogP contribution in [0.1, 0.15) is 219 Å². The molecule has 6 atom stereocenters. The van der Waals surface area contributed by atoms with Crippen molar-refractivity contribution in [2.24, 2.45) is 5.92 Å². The van der Waals surface area contributed by atoms with Gasteiger partial charge < -0.3 is 40.2 Å². The summed E-state index contributed by atoms with van der Waals surface area (Å²) in [7, 11) is 0. The second-order valence-electron chi connectivity index (χ2n) is 19.2. The van der Waals surface area contributed by atoms with Gasteiger partial charge in [0.25, 0.3) is 0 Å². The highest BCUT2D eigenvalue weighted by Gasteiger charge is 2.49. The summed E-state index contributed by atoms with van der Waals surface area (Å²) < 4.78 is 17.4. The molecule has 0 aromatic heterocycles. The third-order valence-electron chi connectivity index (χ3n) is 12.8. The second-order valence-corrected chi connectivity index (χ2v) is 19.2. The van der Waals surface area contributed by atoms with Gasteiger partial charge in [0.1, 0.15) is 37.0 Å². The number of aliphatic hydroxyl groups excluding tert-OH is 3. The maximum atomic E-state index is 14.0. The number of benzene rings is 1. The van der Waals surface area contributed by atoms with Crippen LogP contribution in [-0.2, 0) is 25.6 Å². The molecule has 12 nitrogen and oxygen atoms in total. The van der Waals surface area contributed by atoms with Crippen molar-refractivity contribution in [2.45, 2.75) is 257 Å². The monoisotopic (exact) mass is 918 g/mol. The van der Waals surface area contributed by atoms with E-state index in [0.717, 1.165) is 44.1 Å². The lowest BCUT2D eigenvalue weighted by molar-refractivity contribution is -0.226. The fourth-order valence-corrected chi connectivity index (χ4v) is 8.73. The Kier molecular flexibility index (Phi) is 34.1. The molecule has 0 unspecified atom stereocenters. The van der Waals surface area contributed by atoms with E-state index in [1.165, 1.54) is 133 Å². The zero-order valence-electron chi connectivity index (χ0n) is 41.5. The molecule has 0 spiro atoms. The molecule has 1 heterocycles. The molecule has 0 radical (unpaired) electrons. The highest BCUT2D eigenvalue weighted by molar-refractivity contribution is 5.86. The molecule has 0 saturated carbocycles. The number of hydrogen-bond acceptors (Lipinski definition) is 9. The normalized spacial score (nSPS) is 18.9. The lowest BCUT2D eigenvalue weighted by atomic mass is 9.94. The number of aliphatic hydroxyl groups is 3. The molecule has 1 aromatic carbocycles. The number of alkyl carbamates (subject to hydrolysis) is 1. The Morgan fingerprint density at radius 2 is 1.11 bits per heavy atom. The number of hydrogen-bond donors (Lipinski definition) is 5. The third-order valence-corrected chi connectivity index (χ3v) is 12.8. The number of unbranched alkanes of at least 4 members (excludes halogenated alkanes) is 26. The lowest BCUT2D eigenvalue weighted by Gasteiger charge is -2.46. The quantitative estimate of drug-likeness (QED) is 0.0404. The van der Waals surface area contributed by atoms with Crippen LogP contribution in [0.15, 0.2) is 30.3 Å². The molecule has 3 amide bonds. The van der Waals surface area contributed by atoms with Crippen LogP contribution >= 0.6 is 0 Å². The molecule has 376 valence electrons. The van der Waals surface area contributed by atoms with Gasteiger partial charge in [-0.1, -0.05) is 225 Å². The van der Waals surface area contributed by atoms with E-state index in [9.17, 15) is 29.7 Å². The smallest absolute Gasteiger partial charge is 0.411 e. The molecule has 1 aromatic rings. The van der Waals surface area contributed by atoms with Crippen LogP contribution in [0.5, 0.6) is 0 Å². The Morgan fingerprint density at radius 1 is 0.646 bits per heavy atom. The van der Waals surface area contributed by atoms with Crippen molar-refractivity contribution in [3.8, 4) is 0 Å². The van der Waals surface area contributed by atoms with Crippen molar-refractivity contribution < 1.29 is 43.9 Å². The maximum absolute atomic E-state index is 14.0. The van der Waals surface area contributed by atoms with Crippen molar-refractivity contribution in [1.29, 1.82) is 0 Å². The second kappa shape index (κ2) is 38.1. The van der Waals surface area contributed by atoms with E-state index in [1.807, 2.05) is 44.2 Å². The topological polar surface area (TPSA) is 167 Å². The Hall–Kier alpha value is -2.93. The molecule has 1 saturated heterocycles. The summed E-state index contributed by atoms with van der Waals surface area (Å²) in [5.41, 5.74) is 0.792. The standard InChI is InChI=1S/C53H95N3O9/c1-5-7-9-11-13-15-17-19-20-21-22-23-25-27-29-34-38-56(53(62)63-39-35-30-28-26-24-18-16-14-12-10-8-6-2)51-47(49(59)48(58)46(41-57)65-51)55-50(60)45(40-43(3)4)54-52(61)64-42-44-36-32-31-33-37-44/h31-33,36-37,43,45-49,51,57-59H,5-30,34-35,38-42H2,1-4H3,(H,54,61)(H,55,60)/t45-,46+,47+,48+,49+,51+/m0/s1.